The molecule has 0 radical (unpaired) electrons. The van der Waals surface area contributed by atoms with Crippen molar-refractivity contribution in [1.82, 2.24) is 4.72 Å². The highest BCUT2D eigenvalue weighted by molar-refractivity contribution is 7.90. The number of aliphatic hydroxyl groups is 2. The Morgan fingerprint density at radius 1 is 0.955 bits per heavy atom. The van der Waals surface area contributed by atoms with E-state index in [-0.39, 0.29) is 45.2 Å². The predicted molar refractivity (Wildman–Crippen MR) is 175 cm³/mol. The van der Waals surface area contributed by atoms with Crippen molar-refractivity contribution in [1.29, 1.82) is 0 Å². The number of hydrogen-bond acceptors (Lipinski definition) is 5. The van der Waals surface area contributed by atoms with E-state index in [1.54, 1.807) is 12.1 Å². The molecule has 1 aromatic rings. The predicted octanol–water partition coefficient (Wildman–Crippen LogP) is 7.08. The minimum Gasteiger partial charge on any atom is -0.393 e. The summed E-state index contributed by atoms with van der Waals surface area (Å²) in [5.74, 6) is 1.73. The second-order valence-electron chi connectivity index (χ2n) is 17.0. The molecule has 1 aromatic carbocycles. The lowest BCUT2D eigenvalue weighted by atomic mass is 9.41. The van der Waals surface area contributed by atoms with E-state index in [0.717, 1.165) is 56.9 Å². The Labute approximate surface area is 267 Å². The fraction of sp³-hybridized carbons (Fsp3) is 0.811. The molecule has 4 unspecified atom stereocenters. The van der Waals surface area contributed by atoms with Crippen LogP contribution in [0.3, 0.4) is 0 Å². The lowest BCUT2D eigenvalue weighted by Gasteiger charge is -2.64. The minimum absolute atomic E-state index is 0.0854. The van der Waals surface area contributed by atoms with Crippen molar-refractivity contribution in [3.8, 4) is 0 Å². The van der Waals surface area contributed by atoms with Gasteiger partial charge in [0.15, 0.2) is 0 Å². The molecular weight excluding hydrogens is 570 g/mol. The summed E-state index contributed by atoms with van der Waals surface area (Å²) in [5, 5.41) is 22.5. The van der Waals surface area contributed by atoms with Crippen LogP contribution < -0.4 is 4.72 Å². The highest BCUT2D eigenvalue weighted by Gasteiger charge is 2.64. The molecule has 4 aliphatic rings. The molecule has 0 spiro atoms. The molecule has 12 atom stereocenters. The quantitative estimate of drug-likeness (QED) is 0.299. The standard InChI is InChI=1S/C37H59NO5S/c1-9-27-31-21-25(39)16-18-37(31,8)30-17-19-36(7)28(14-15-29(36)32(30)33(27)40)22(2)20-23(3)34(41)38-44(42,43)26-12-10-24(11-13-26)35(4,5)6/h10-13,22-23,25,27-33,39-40H,9,14-21H2,1-8H3,(H,38,41)/t22-,23?,25-,27-,28-,29+,30+,31?,32?,33-,36?,37+/m1/s1. The van der Waals surface area contributed by atoms with Crippen molar-refractivity contribution in [2.45, 2.75) is 136 Å². The molecule has 0 saturated heterocycles. The first-order chi connectivity index (χ1) is 20.4. The third-order valence-electron chi connectivity index (χ3n) is 13.6. The van der Waals surface area contributed by atoms with Gasteiger partial charge in [-0.3, -0.25) is 4.79 Å². The first-order valence-electron chi connectivity index (χ1n) is 17.5. The van der Waals surface area contributed by atoms with Gasteiger partial charge in [-0.05, 0) is 127 Å². The van der Waals surface area contributed by atoms with E-state index in [4.69, 9.17) is 0 Å². The van der Waals surface area contributed by atoms with Gasteiger partial charge in [-0.2, -0.15) is 0 Å². The first kappa shape index (κ1) is 33.9. The monoisotopic (exact) mass is 629 g/mol. The van der Waals surface area contributed by atoms with Crippen LogP contribution in [0.4, 0.5) is 0 Å². The van der Waals surface area contributed by atoms with Crippen LogP contribution in [0.15, 0.2) is 29.2 Å². The van der Waals surface area contributed by atoms with Crippen LogP contribution in [0.25, 0.3) is 0 Å². The van der Waals surface area contributed by atoms with Crippen LogP contribution in [-0.4, -0.2) is 36.7 Å². The molecule has 248 valence electrons. The Hall–Kier alpha value is -1.44. The number of carbonyl (C=O) groups is 1. The Bertz CT molecular complexity index is 1300. The van der Waals surface area contributed by atoms with E-state index in [2.05, 4.69) is 53.2 Å². The molecule has 3 N–H and O–H groups in total. The maximum Gasteiger partial charge on any atom is 0.264 e. The highest BCUT2D eigenvalue weighted by Crippen LogP contribution is 2.69. The van der Waals surface area contributed by atoms with Gasteiger partial charge in [0.2, 0.25) is 5.91 Å². The molecule has 0 aromatic heterocycles. The van der Waals surface area contributed by atoms with Crippen molar-refractivity contribution >= 4 is 15.9 Å². The summed E-state index contributed by atoms with van der Waals surface area (Å²) in [6.07, 6.45) is 8.28. The lowest BCUT2D eigenvalue weighted by molar-refractivity contribution is -0.203. The van der Waals surface area contributed by atoms with Crippen LogP contribution in [0.5, 0.6) is 0 Å². The summed E-state index contributed by atoms with van der Waals surface area (Å²) in [6, 6.07) is 6.81. The number of hydrogen-bond donors (Lipinski definition) is 3. The zero-order valence-electron chi connectivity index (χ0n) is 28.5. The third kappa shape index (κ3) is 5.81. The van der Waals surface area contributed by atoms with E-state index in [0.29, 0.717) is 36.0 Å². The zero-order valence-corrected chi connectivity index (χ0v) is 29.3. The minimum atomic E-state index is -3.94. The number of nitrogens with one attached hydrogen (secondary N) is 1. The summed E-state index contributed by atoms with van der Waals surface area (Å²) < 4.78 is 28.5. The molecule has 0 aliphatic heterocycles. The topological polar surface area (TPSA) is 104 Å². The van der Waals surface area contributed by atoms with E-state index >= 15 is 0 Å². The Balaban J connectivity index is 1.27. The van der Waals surface area contributed by atoms with Gasteiger partial charge in [-0.1, -0.05) is 73.9 Å². The van der Waals surface area contributed by atoms with E-state index in [1.807, 2.05) is 19.1 Å². The van der Waals surface area contributed by atoms with Crippen molar-refractivity contribution in [3.63, 3.8) is 0 Å². The summed E-state index contributed by atoms with van der Waals surface area (Å²) in [7, 11) is -3.94. The number of benzene rings is 1. The number of aliphatic hydroxyl groups excluding tert-OH is 2. The number of fused-ring (bicyclic) bond motifs is 5. The van der Waals surface area contributed by atoms with E-state index in [9.17, 15) is 23.4 Å². The van der Waals surface area contributed by atoms with Gasteiger partial charge in [0.25, 0.3) is 10.0 Å². The van der Waals surface area contributed by atoms with Gasteiger partial charge in [-0.25, -0.2) is 13.1 Å². The van der Waals surface area contributed by atoms with E-state index in [1.165, 1.54) is 0 Å². The first-order valence-corrected chi connectivity index (χ1v) is 19.0. The summed E-state index contributed by atoms with van der Waals surface area (Å²) in [6.45, 7) is 17.5. The number of sulfonamides is 1. The Morgan fingerprint density at radius 3 is 2.18 bits per heavy atom. The smallest absolute Gasteiger partial charge is 0.264 e. The molecule has 44 heavy (non-hydrogen) atoms. The summed E-state index contributed by atoms with van der Waals surface area (Å²) in [5.41, 5.74) is 1.24. The van der Waals surface area contributed by atoms with Gasteiger partial charge in [-0.15, -0.1) is 0 Å². The normalized spacial score (nSPS) is 40.3. The molecule has 6 nitrogen and oxygen atoms in total. The molecule has 0 bridgehead atoms. The van der Waals surface area contributed by atoms with Crippen molar-refractivity contribution in [2.75, 3.05) is 0 Å². The molecule has 4 aliphatic carbocycles. The highest BCUT2D eigenvalue weighted by atomic mass is 32.2. The largest absolute Gasteiger partial charge is 0.393 e. The van der Waals surface area contributed by atoms with Gasteiger partial charge >= 0.3 is 0 Å². The number of rotatable bonds is 7. The lowest BCUT2D eigenvalue weighted by Crippen LogP contribution is -2.62. The summed E-state index contributed by atoms with van der Waals surface area (Å²) in [4.78, 5) is 13.3. The van der Waals surface area contributed by atoms with Crippen LogP contribution in [0.2, 0.25) is 0 Å². The fourth-order valence-corrected chi connectivity index (χ4v) is 12.3. The van der Waals surface area contributed by atoms with Gasteiger partial charge in [0.05, 0.1) is 17.1 Å². The molecule has 0 heterocycles. The van der Waals surface area contributed by atoms with Gasteiger partial charge in [0, 0.05) is 5.92 Å². The zero-order chi connectivity index (χ0) is 32.4. The average Bonchev–Trinajstić information content (AvgIpc) is 3.30. The molecule has 4 saturated carbocycles. The third-order valence-corrected chi connectivity index (χ3v) is 15.0. The van der Waals surface area contributed by atoms with Crippen LogP contribution in [0.1, 0.15) is 119 Å². The SMILES string of the molecule is CC[C@@H]1C2C[C@H](O)CC[C@@]2(C)[C@H]2CCC3(C)[C@@H]([C@H](C)CC(C)C(=O)NS(=O)(=O)c4ccc(C(C)(C)C)cc4)CC[C@H]3C2[C@@H]1O. The second kappa shape index (κ2) is 12.0. The Morgan fingerprint density at radius 2 is 1.57 bits per heavy atom. The Kier molecular flexibility index (Phi) is 9.23. The second-order valence-corrected chi connectivity index (χ2v) is 18.7. The molecular formula is C37H59NO5S. The summed E-state index contributed by atoms with van der Waals surface area (Å²) >= 11 is 0. The molecule has 4 fully saturated rings. The number of amides is 1. The van der Waals surface area contributed by atoms with E-state index < -0.39 is 21.8 Å². The van der Waals surface area contributed by atoms with Crippen molar-refractivity contribution in [3.05, 3.63) is 29.8 Å². The maximum atomic E-state index is 13.2. The fourth-order valence-electron chi connectivity index (χ4n) is 11.2. The molecule has 7 heteroatoms. The van der Waals surface area contributed by atoms with Crippen LogP contribution in [0, 0.1) is 58.2 Å². The molecule has 1 amide bonds. The van der Waals surface area contributed by atoms with Crippen LogP contribution in [-0.2, 0) is 20.2 Å². The van der Waals surface area contributed by atoms with Crippen molar-refractivity contribution in [2.24, 2.45) is 58.2 Å². The van der Waals surface area contributed by atoms with Gasteiger partial charge in [0.1, 0.15) is 0 Å². The maximum absolute atomic E-state index is 13.2. The van der Waals surface area contributed by atoms with Gasteiger partial charge < -0.3 is 10.2 Å². The average molecular weight is 630 g/mol. The number of carbonyl (C=O) groups excluding carboxylic acids is 1. The van der Waals surface area contributed by atoms with Crippen LogP contribution >= 0.6 is 0 Å². The molecule has 5 rings (SSSR count). The van der Waals surface area contributed by atoms with Crippen molar-refractivity contribution < 1.29 is 23.4 Å².